The molecule has 3 aliphatic heterocycles. The molecule has 1 spiro atoms. The predicted molar refractivity (Wildman–Crippen MR) is 236 cm³/mol. The molecule has 60 heavy (non-hydrogen) atoms. The summed E-state index contributed by atoms with van der Waals surface area (Å²) in [6.07, 6.45) is 7.95. The quantitative estimate of drug-likeness (QED) is 0.190. The Morgan fingerprint density at radius 3 is 2.25 bits per heavy atom. The van der Waals surface area contributed by atoms with Gasteiger partial charge in [0.15, 0.2) is 5.82 Å². The van der Waals surface area contributed by atoms with E-state index in [0.717, 1.165) is 83.6 Å². The first-order chi connectivity index (χ1) is 28.3. The fourth-order valence-corrected chi connectivity index (χ4v) is 11.0. The van der Waals surface area contributed by atoms with Crippen molar-refractivity contribution in [2.75, 3.05) is 43.4 Å². The Morgan fingerprint density at radius 1 is 0.900 bits per heavy atom. The first-order valence-corrected chi connectivity index (χ1v) is 22.0. The van der Waals surface area contributed by atoms with E-state index in [2.05, 4.69) is 77.0 Å². The van der Waals surface area contributed by atoms with Crippen LogP contribution in [0, 0.1) is 17.8 Å². The SMILES string of the molecule is CNC(=O)c1cc(Nc2nc(-c3ccc4c(c3)N(C3CC(N5CC(C)(C)CC(C)(C)C5)C3)C(=O)C43CCN(C(=O)OC(C)(C)C)CC3)cc3ncn(C4CC4)c23)ccc1C. The van der Waals surface area contributed by atoms with Crippen LogP contribution in [0.1, 0.15) is 121 Å². The number of anilines is 3. The number of ether oxygens (including phenoxy) is 1. The molecule has 4 aromatic rings. The number of imidazole rings is 1. The summed E-state index contributed by atoms with van der Waals surface area (Å²) in [6.45, 7) is 20.2. The predicted octanol–water partition coefficient (Wildman–Crippen LogP) is 8.75. The lowest BCUT2D eigenvalue weighted by Gasteiger charge is -2.54. The highest BCUT2D eigenvalue weighted by molar-refractivity contribution is 6.09. The van der Waals surface area contributed by atoms with Gasteiger partial charge in [0.25, 0.3) is 5.91 Å². The minimum absolute atomic E-state index is 0.0888. The standard InChI is InChI=1S/C48H62N8O4/c1-29-10-12-31(21-35(29)42(57)49-9)51-41-40-38(50-28-55(40)32-13-14-32)24-37(52-41)30-11-15-36-39(20-30)56(34-22-33(23-34)54-26-46(5,6)25-47(7,8)27-54)43(58)48(36)16-18-53(19-17-48)44(59)60-45(2,3)4/h10-12,15,20-21,24,28,32-34H,13-14,16-19,22-23,25-27H2,1-9H3,(H,49,57)(H,51,52). The second-order valence-corrected chi connectivity index (χ2v) is 21.0. The number of piperidine rings is 2. The van der Waals surface area contributed by atoms with Crippen LogP contribution in [-0.2, 0) is 14.9 Å². The van der Waals surface area contributed by atoms with Crippen LogP contribution < -0.4 is 15.5 Å². The normalized spacial score (nSPS) is 23.4. The molecule has 5 aliphatic rings. The monoisotopic (exact) mass is 814 g/mol. The number of aromatic nitrogens is 3. The largest absolute Gasteiger partial charge is 0.444 e. The van der Waals surface area contributed by atoms with Gasteiger partial charge in [-0.05, 0) is 119 Å². The number of carbonyl (C=O) groups is 3. The molecule has 4 fully saturated rings. The molecule has 12 heteroatoms. The highest BCUT2D eigenvalue weighted by Crippen LogP contribution is 2.53. The molecule has 2 aliphatic carbocycles. The van der Waals surface area contributed by atoms with Gasteiger partial charge >= 0.3 is 6.09 Å². The lowest BCUT2D eigenvalue weighted by Crippen LogP contribution is -2.61. The third-order valence-corrected chi connectivity index (χ3v) is 13.6. The van der Waals surface area contributed by atoms with E-state index >= 15 is 4.79 Å². The van der Waals surface area contributed by atoms with Crippen molar-refractivity contribution < 1.29 is 19.1 Å². The Hall–Kier alpha value is -4.97. The number of pyridine rings is 1. The van der Waals surface area contributed by atoms with E-state index < -0.39 is 11.0 Å². The molecule has 12 nitrogen and oxygen atoms in total. The molecule has 0 atom stereocenters. The molecule has 0 radical (unpaired) electrons. The van der Waals surface area contributed by atoms with E-state index in [1.54, 1.807) is 11.9 Å². The zero-order chi connectivity index (χ0) is 42.5. The van der Waals surface area contributed by atoms with Gasteiger partial charge in [-0.25, -0.2) is 14.8 Å². The molecule has 2 saturated carbocycles. The van der Waals surface area contributed by atoms with E-state index in [9.17, 15) is 9.59 Å². The molecule has 2 aromatic heterocycles. The number of nitrogens with one attached hydrogen (secondary N) is 2. The van der Waals surface area contributed by atoms with E-state index in [0.29, 0.717) is 49.4 Å². The van der Waals surface area contributed by atoms with Gasteiger partial charge < -0.3 is 29.7 Å². The minimum atomic E-state index is -0.715. The molecular formula is C48H62N8O4. The van der Waals surface area contributed by atoms with Gasteiger partial charge in [-0.1, -0.05) is 45.9 Å². The fraction of sp³-hybridized carbons (Fsp3) is 0.562. The van der Waals surface area contributed by atoms with Gasteiger partial charge in [0.1, 0.15) is 11.1 Å². The highest BCUT2D eigenvalue weighted by Gasteiger charge is 2.56. The van der Waals surface area contributed by atoms with Gasteiger partial charge in [0.05, 0.1) is 23.0 Å². The summed E-state index contributed by atoms with van der Waals surface area (Å²) in [5.41, 5.74) is 6.87. The summed E-state index contributed by atoms with van der Waals surface area (Å²) in [4.78, 5) is 57.8. The Morgan fingerprint density at radius 2 is 1.60 bits per heavy atom. The van der Waals surface area contributed by atoms with Gasteiger partial charge in [-0.15, -0.1) is 0 Å². The van der Waals surface area contributed by atoms with Gasteiger partial charge in [-0.2, -0.15) is 0 Å². The van der Waals surface area contributed by atoms with Crippen LogP contribution in [0.2, 0.25) is 0 Å². The Balaban J connectivity index is 1.08. The fourth-order valence-electron chi connectivity index (χ4n) is 11.0. The highest BCUT2D eigenvalue weighted by atomic mass is 16.6. The van der Waals surface area contributed by atoms with Crippen LogP contribution in [0.25, 0.3) is 22.3 Å². The maximum atomic E-state index is 15.2. The van der Waals surface area contributed by atoms with Crippen molar-refractivity contribution >= 4 is 46.1 Å². The van der Waals surface area contributed by atoms with Crippen molar-refractivity contribution in [1.82, 2.24) is 29.7 Å². The number of nitrogens with zero attached hydrogens (tertiary/aromatic N) is 6. The molecule has 0 unspecified atom stereocenters. The number of hydrogen-bond acceptors (Lipinski definition) is 8. The average molecular weight is 815 g/mol. The molecule has 0 bridgehead atoms. The maximum Gasteiger partial charge on any atom is 0.410 e. The summed E-state index contributed by atoms with van der Waals surface area (Å²) in [5.74, 6) is 0.687. The number of aryl methyl sites for hydroxylation is 1. The van der Waals surface area contributed by atoms with E-state index in [-0.39, 0.29) is 34.8 Å². The summed E-state index contributed by atoms with van der Waals surface area (Å²) < 4.78 is 7.97. The number of rotatable bonds is 7. The Kier molecular flexibility index (Phi) is 9.65. The number of hydrogen-bond donors (Lipinski definition) is 2. The molecule has 3 amide bonds. The summed E-state index contributed by atoms with van der Waals surface area (Å²) in [6, 6.07) is 15.2. The number of fused-ring (bicyclic) bond motifs is 3. The first kappa shape index (κ1) is 40.4. The first-order valence-electron chi connectivity index (χ1n) is 22.0. The summed E-state index contributed by atoms with van der Waals surface area (Å²) in [5, 5.41) is 6.33. The number of amides is 3. The van der Waals surface area contributed by atoms with Crippen LogP contribution in [0.3, 0.4) is 0 Å². The zero-order valence-corrected chi connectivity index (χ0v) is 36.9. The van der Waals surface area contributed by atoms with Crippen LogP contribution in [-0.4, -0.2) is 93.2 Å². The number of likely N-dealkylation sites (tertiary alicyclic amines) is 2. The van der Waals surface area contributed by atoms with Gasteiger partial charge in [-0.3, -0.25) is 14.5 Å². The molecular weight excluding hydrogens is 753 g/mol. The van der Waals surface area contributed by atoms with E-state index in [1.165, 1.54) is 6.42 Å². The lowest BCUT2D eigenvalue weighted by molar-refractivity contribution is -0.126. The third kappa shape index (κ3) is 7.32. The summed E-state index contributed by atoms with van der Waals surface area (Å²) >= 11 is 0. The van der Waals surface area contributed by atoms with Gasteiger partial charge in [0.2, 0.25) is 5.91 Å². The van der Waals surface area contributed by atoms with Crippen LogP contribution in [0.4, 0.5) is 22.0 Å². The van der Waals surface area contributed by atoms with Crippen LogP contribution in [0.15, 0.2) is 48.8 Å². The second kappa shape index (κ2) is 14.3. The van der Waals surface area contributed by atoms with E-state index in [1.807, 2.05) is 52.2 Å². The molecule has 9 rings (SSSR count). The van der Waals surface area contributed by atoms with E-state index in [4.69, 9.17) is 14.7 Å². The molecule has 5 heterocycles. The zero-order valence-electron chi connectivity index (χ0n) is 36.9. The topological polar surface area (TPSA) is 125 Å². The van der Waals surface area contributed by atoms with Crippen LogP contribution >= 0.6 is 0 Å². The van der Waals surface area contributed by atoms with Crippen molar-refractivity contribution in [2.45, 2.75) is 129 Å². The molecule has 2 N–H and O–H groups in total. The van der Waals surface area contributed by atoms with Gasteiger partial charge in [0, 0.05) is 73.9 Å². The van der Waals surface area contributed by atoms with Crippen molar-refractivity contribution in [3.8, 4) is 11.3 Å². The maximum absolute atomic E-state index is 15.2. The lowest BCUT2D eigenvalue weighted by atomic mass is 9.69. The van der Waals surface area contributed by atoms with Crippen molar-refractivity contribution in [1.29, 1.82) is 0 Å². The van der Waals surface area contributed by atoms with Crippen molar-refractivity contribution in [2.24, 2.45) is 10.8 Å². The molecule has 318 valence electrons. The number of carbonyl (C=O) groups excluding carboxylic acids is 3. The second-order valence-electron chi connectivity index (χ2n) is 21.0. The third-order valence-electron chi connectivity index (χ3n) is 13.6. The molecule has 2 saturated heterocycles. The number of benzene rings is 2. The average Bonchev–Trinajstić information content (AvgIpc) is 3.87. The smallest absolute Gasteiger partial charge is 0.410 e. The van der Waals surface area contributed by atoms with Crippen molar-refractivity contribution in [3.05, 3.63) is 65.5 Å². The Labute approximate surface area is 354 Å². The Bertz CT molecular complexity index is 2360. The summed E-state index contributed by atoms with van der Waals surface area (Å²) in [7, 11) is 1.64. The van der Waals surface area contributed by atoms with Crippen molar-refractivity contribution in [3.63, 3.8) is 0 Å². The van der Waals surface area contributed by atoms with Crippen LogP contribution in [0.5, 0.6) is 0 Å². The molecule has 2 aromatic carbocycles. The minimum Gasteiger partial charge on any atom is -0.444 e.